The van der Waals surface area contributed by atoms with E-state index < -0.39 is 31.6 Å². The first-order valence-corrected chi connectivity index (χ1v) is 15.9. The summed E-state index contributed by atoms with van der Waals surface area (Å²) in [5, 5.41) is 2.32. The Kier molecular flexibility index (Phi) is 7.22. The molecule has 4 heteroatoms. The minimum Gasteiger partial charge on any atom is -0.431 e. The topological polar surface area (TPSA) is 30.2 Å². The van der Waals surface area contributed by atoms with Gasteiger partial charge in [0, 0.05) is 18.6 Å². The molecule has 178 valence electrons. The van der Waals surface area contributed by atoms with E-state index in [1.165, 1.54) is 3.57 Å². The molecule has 0 saturated heterocycles. The fourth-order valence-corrected chi connectivity index (χ4v) is 16.0. The number of hydrogen-bond acceptors (Lipinski definition) is 2. The first-order chi connectivity index (χ1) is 17.6. The summed E-state index contributed by atoms with van der Waals surface area (Å²) in [6.45, 7) is 4.19. The molecule has 1 unspecified atom stereocenters. The molecular weight excluding hydrogens is 574 g/mol. The Labute approximate surface area is 224 Å². The molecule has 0 fully saturated rings. The predicted molar refractivity (Wildman–Crippen MR) is 146 cm³/mol. The minimum absolute atomic E-state index is 0.176. The van der Waals surface area contributed by atoms with E-state index in [2.05, 4.69) is 85.8 Å². The zero-order valence-electron chi connectivity index (χ0n) is 20.3. The normalized spacial score (nSPS) is 13.2. The molecule has 2 nitrogen and oxygen atoms in total. The van der Waals surface area contributed by atoms with Crippen LogP contribution in [0, 0.1) is 10.5 Å². The Balaban J connectivity index is 1.90. The van der Waals surface area contributed by atoms with Gasteiger partial charge in [-0.05, 0) is 49.4 Å². The van der Waals surface area contributed by atoms with Crippen LogP contribution in [0.15, 0.2) is 138 Å². The van der Waals surface area contributed by atoms with Gasteiger partial charge in [0.2, 0.25) is 7.26 Å². The van der Waals surface area contributed by atoms with Crippen LogP contribution in [-0.2, 0) is 0 Å². The van der Waals surface area contributed by atoms with Gasteiger partial charge in [0.05, 0.1) is 0 Å². The van der Waals surface area contributed by atoms with Crippen molar-refractivity contribution in [1.29, 1.82) is 0 Å². The van der Waals surface area contributed by atoms with Crippen molar-refractivity contribution in [2.75, 3.05) is 0 Å². The van der Waals surface area contributed by atoms with Crippen LogP contribution in [0.3, 0.4) is 0 Å². The number of benzene rings is 4. The highest BCUT2D eigenvalue weighted by Crippen LogP contribution is 2.63. The summed E-state index contributed by atoms with van der Waals surface area (Å²) >= 11 is -0.807. The molecule has 5 aromatic rings. The smallest absolute Gasteiger partial charge is 0.374 e. The highest BCUT2D eigenvalue weighted by molar-refractivity contribution is 7.97. The maximum atomic E-state index is 14.9. The van der Waals surface area contributed by atoms with E-state index >= 15 is 0 Å². The molecule has 4 aromatic carbocycles. The first-order valence-electron chi connectivity index (χ1n) is 11.9. The lowest BCUT2D eigenvalue weighted by Gasteiger charge is -2.32. The van der Waals surface area contributed by atoms with Crippen LogP contribution in [0.25, 0.3) is 0 Å². The number of alkyl halides is 1. The van der Waals surface area contributed by atoms with Crippen molar-refractivity contribution in [2.45, 2.75) is 17.0 Å². The third kappa shape index (κ3) is 4.36. The van der Waals surface area contributed by atoms with E-state index in [1.807, 2.05) is 61.5 Å². The Morgan fingerprint density at radius 2 is 1.14 bits per heavy atom. The molecule has 0 radical (unpaired) electrons. The summed E-state index contributed by atoms with van der Waals surface area (Å²) < 4.78 is 7.07. The van der Waals surface area contributed by atoms with Gasteiger partial charge in [-0.15, -0.1) is 0 Å². The van der Waals surface area contributed by atoms with Crippen LogP contribution in [0.5, 0.6) is 0 Å². The number of hydrogen-bond donors (Lipinski definition) is 0. The van der Waals surface area contributed by atoms with Gasteiger partial charge in [-0.3, -0.25) is 4.79 Å². The second-order valence-corrected chi connectivity index (χ2v) is 17.3. The van der Waals surface area contributed by atoms with E-state index in [0.717, 1.165) is 27.4 Å². The fourth-order valence-electron chi connectivity index (χ4n) is 4.80. The van der Waals surface area contributed by atoms with Crippen LogP contribution < -0.4 is 37.3 Å². The van der Waals surface area contributed by atoms with Gasteiger partial charge in [0.1, 0.15) is 16.4 Å². The predicted octanol–water partition coefficient (Wildman–Crippen LogP) is 3.44. The van der Waals surface area contributed by atoms with E-state index in [0.29, 0.717) is 0 Å². The van der Waals surface area contributed by atoms with E-state index in [-0.39, 0.29) is 5.78 Å². The van der Waals surface area contributed by atoms with E-state index in [9.17, 15) is 4.79 Å². The third-order valence-corrected chi connectivity index (χ3v) is 16.6. The summed E-state index contributed by atoms with van der Waals surface area (Å²) in [4.78, 5) is 14.9. The van der Waals surface area contributed by atoms with Gasteiger partial charge in [-0.1, -0.05) is 84.9 Å². The van der Waals surface area contributed by atoms with E-state index in [1.54, 1.807) is 0 Å². The zero-order chi connectivity index (χ0) is 25.0. The molecule has 0 N–H and O–H groups in total. The SMILES string of the molecule is Cc1ccc([P+](c2ccccc2)(c2ccccc2)C(C)([I+]c2ccccc2)C(=O)c2ccccc2)o1. The third-order valence-electron chi connectivity index (χ3n) is 6.45. The van der Waals surface area contributed by atoms with Crippen LogP contribution in [0.2, 0.25) is 0 Å². The zero-order valence-corrected chi connectivity index (χ0v) is 23.4. The van der Waals surface area contributed by atoms with Gasteiger partial charge in [0.25, 0.3) is 11.3 Å². The number of halogens is 1. The second kappa shape index (κ2) is 10.5. The highest BCUT2D eigenvalue weighted by Gasteiger charge is 2.75. The molecular formula is C32H28IO2P+2. The average molecular weight is 602 g/mol. The Bertz CT molecular complexity index is 1390. The second-order valence-electron chi connectivity index (χ2n) is 8.76. The van der Waals surface area contributed by atoms with Crippen molar-refractivity contribution in [2.24, 2.45) is 0 Å². The Hall–Kier alpha value is -3.01. The number of Topliss-reactive ketones (excluding diaryl/α,β-unsaturated/α-hetero) is 1. The molecule has 0 saturated carbocycles. The molecule has 0 spiro atoms. The van der Waals surface area contributed by atoms with Crippen LogP contribution in [-0.4, -0.2) is 8.95 Å². The largest absolute Gasteiger partial charge is 0.431 e. The van der Waals surface area contributed by atoms with Crippen molar-refractivity contribution in [3.05, 3.63) is 148 Å². The summed E-state index contributed by atoms with van der Waals surface area (Å²) in [6.07, 6.45) is 0. The molecule has 0 aliphatic carbocycles. The summed E-state index contributed by atoms with van der Waals surface area (Å²) in [5.74, 6) is 1.03. The number of carbonyl (C=O) groups excluding carboxylic acids is 1. The standard InChI is InChI=1S/C32H28IO2P/c1-25-23-24-30(35-25)36(28-19-11-5-12-20-28,29-21-13-6-14-22-29)32(2,33-27-17-9-4-10-18-27)31(34)26-15-7-3-8-16-26/h3-24H,1-2H3/q+2. The van der Waals surface area contributed by atoms with Gasteiger partial charge in [-0.25, -0.2) is 0 Å². The summed E-state index contributed by atoms with van der Waals surface area (Å²) in [7, 11) is -2.61. The molecule has 0 aliphatic heterocycles. The molecule has 36 heavy (non-hydrogen) atoms. The average Bonchev–Trinajstić information content (AvgIpc) is 3.37. The maximum Gasteiger partial charge on any atom is 0.374 e. The van der Waals surface area contributed by atoms with Gasteiger partial charge in [-0.2, -0.15) is 0 Å². The highest BCUT2D eigenvalue weighted by atomic mass is 127. The van der Waals surface area contributed by atoms with Gasteiger partial charge >= 0.3 is 24.4 Å². The van der Waals surface area contributed by atoms with E-state index in [4.69, 9.17) is 4.42 Å². The van der Waals surface area contributed by atoms with Crippen LogP contribution in [0.4, 0.5) is 0 Å². The summed E-state index contributed by atoms with van der Waals surface area (Å²) in [5.41, 5.74) is 1.65. The molecule has 0 amide bonds. The first kappa shape index (κ1) is 24.7. The lowest BCUT2D eigenvalue weighted by molar-refractivity contribution is -0.659. The number of rotatable bonds is 8. The quantitative estimate of drug-likeness (QED) is 0.118. The van der Waals surface area contributed by atoms with Crippen LogP contribution >= 0.6 is 7.26 Å². The molecule has 5 rings (SSSR count). The molecule has 0 bridgehead atoms. The molecule has 0 aliphatic rings. The van der Waals surface area contributed by atoms with Gasteiger partial charge < -0.3 is 4.42 Å². The molecule has 1 atom stereocenters. The van der Waals surface area contributed by atoms with Gasteiger partial charge in [0.15, 0.2) is 3.57 Å². The molecule has 1 heterocycles. The van der Waals surface area contributed by atoms with Crippen molar-refractivity contribution in [1.82, 2.24) is 0 Å². The lowest BCUT2D eigenvalue weighted by Crippen LogP contribution is -3.68. The monoisotopic (exact) mass is 602 g/mol. The Morgan fingerprint density at radius 3 is 1.61 bits per heavy atom. The maximum absolute atomic E-state index is 14.9. The van der Waals surface area contributed by atoms with Crippen molar-refractivity contribution >= 4 is 29.2 Å². The number of carbonyl (C=O) groups is 1. The lowest BCUT2D eigenvalue weighted by atomic mass is 10.1. The van der Waals surface area contributed by atoms with Crippen molar-refractivity contribution in [3.63, 3.8) is 0 Å². The number of aryl methyl sites for hydroxylation is 1. The van der Waals surface area contributed by atoms with Crippen LogP contribution in [0.1, 0.15) is 23.0 Å². The fraction of sp³-hybridized carbons (Fsp3) is 0.0938. The molecule has 1 aromatic heterocycles. The van der Waals surface area contributed by atoms with Crippen molar-refractivity contribution < 1.29 is 30.4 Å². The number of ketones is 1. The summed E-state index contributed by atoms with van der Waals surface area (Å²) in [6, 6.07) is 45.6. The minimum atomic E-state index is -2.61. The van der Waals surface area contributed by atoms with Crippen molar-refractivity contribution in [3.8, 4) is 0 Å². The number of furan rings is 1. The Morgan fingerprint density at radius 1 is 0.667 bits per heavy atom.